The lowest BCUT2D eigenvalue weighted by Crippen LogP contribution is -2.38. The van der Waals surface area contributed by atoms with Crippen molar-refractivity contribution < 1.29 is 24.2 Å². The zero-order valence-electron chi connectivity index (χ0n) is 16.8. The smallest absolute Gasteiger partial charge is 0.407 e. The molecule has 2 amide bonds. The van der Waals surface area contributed by atoms with E-state index in [0.29, 0.717) is 5.57 Å². The van der Waals surface area contributed by atoms with Crippen molar-refractivity contribution in [1.82, 2.24) is 10.6 Å². The molecule has 1 aliphatic carbocycles. The van der Waals surface area contributed by atoms with Gasteiger partial charge < -0.3 is 20.5 Å². The molecule has 1 unspecified atom stereocenters. The summed E-state index contributed by atoms with van der Waals surface area (Å²) < 4.78 is 5.42. The van der Waals surface area contributed by atoms with Gasteiger partial charge in [-0.3, -0.25) is 9.59 Å². The number of ether oxygens (including phenoxy) is 1. The number of nitrogens with one attached hydrogen (secondary N) is 2. The Hall–Kier alpha value is -3.61. The average molecular weight is 408 g/mol. The molecule has 0 radical (unpaired) electrons. The van der Waals surface area contributed by atoms with E-state index in [9.17, 15) is 14.4 Å². The van der Waals surface area contributed by atoms with E-state index in [1.807, 2.05) is 36.4 Å². The fraction of sp³-hybridized carbons (Fsp3) is 0.261. The molecule has 0 saturated carbocycles. The quantitative estimate of drug-likeness (QED) is 0.611. The summed E-state index contributed by atoms with van der Waals surface area (Å²) in [7, 11) is 0. The van der Waals surface area contributed by atoms with Crippen LogP contribution in [0.3, 0.4) is 0 Å². The average Bonchev–Trinajstić information content (AvgIpc) is 3.05. The first-order chi connectivity index (χ1) is 14.4. The number of aliphatic carboxylic acids is 1. The molecule has 3 rings (SSSR count). The molecule has 30 heavy (non-hydrogen) atoms. The van der Waals surface area contributed by atoms with Gasteiger partial charge in [-0.25, -0.2) is 4.79 Å². The first-order valence-electron chi connectivity index (χ1n) is 9.67. The van der Waals surface area contributed by atoms with Crippen LogP contribution in [-0.2, 0) is 14.3 Å². The van der Waals surface area contributed by atoms with E-state index >= 15 is 0 Å². The number of fused-ring (bicyclic) bond motifs is 3. The highest BCUT2D eigenvalue weighted by Gasteiger charge is 2.28. The molecule has 0 saturated heterocycles. The van der Waals surface area contributed by atoms with Crippen LogP contribution in [0.25, 0.3) is 11.1 Å². The van der Waals surface area contributed by atoms with Crippen molar-refractivity contribution in [2.24, 2.45) is 0 Å². The van der Waals surface area contributed by atoms with Crippen LogP contribution in [0.15, 0.2) is 60.2 Å². The maximum Gasteiger partial charge on any atom is 0.407 e. The number of benzene rings is 2. The third-order valence-electron chi connectivity index (χ3n) is 5.07. The Kier molecular flexibility index (Phi) is 6.51. The minimum atomic E-state index is -1.12. The summed E-state index contributed by atoms with van der Waals surface area (Å²) in [6.45, 7) is 3.22. The summed E-state index contributed by atoms with van der Waals surface area (Å²) in [6.07, 6.45) is 0.922. The van der Waals surface area contributed by atoms with Crippen molar-refractivity contribution in [2.75, 3.05) is 13.2 Å². The molecule has 0 heterocycles. The summed E-state index contributed by atoms with van der Waals surface area (Å²) >= 11 is 0. The topological polar surface area (TPSA) is 105 Å². The second-order valence-electron chi connectivity index (χ2n) is 7.13. The number of amides is 2. The van der Waals surface area contributed by atoms with Gasteiger partial charge >= 0.3 is 12.1 Å². The summed E-state index contributed by atoms with van der Waals surface area (Å²) in [5, 5.41) is 13.8. The van der Waals surface area contributed by atoms with Crippen LogP contribution in [0, 0.1) is 0 Å². The third-order valence-corrected chi connectivity index (χ3v) is 5.07. The number of hydrogen-bond acceptors (Lipinski definition) is 4. The zero-order chi connectivity index (χ0) is 21.7. The molecule has 2 aromatic carbocycles. The molecule has 0 bridgehead atoms. The Balaban J connectivity index is 1.53. The third kappa shape index (κ3) is 4.68. The van der Waals surface area contributed by atoms with E-state index in [0.717, 1.165) is 22.3 Å². The maximum absolute atomic E-state index is 12.1. The minimum Gasteiger partial charge on any atom is -0.480 e. The molecule has 7 nitrogen and oxygen atoms in total. The van der Waals surface area contributed by atoms with Crippen LogP contribution >= 0.6 is 0 Å². The second-order valence-corrected chi connectivity index (χ2v) is 7.13. The molecule has 0 aliphatic heterocycles. The number of carboxylic acid groups (broad SMARTS) is 1. The standard InChI is InChI=1S/C23H24N2O5/c1-14(21(26)25-15(2)22(27)28)11-12-24-23(29)30-13-20-18-9-5-3-7-16(18)17-8-4-6-10-19(17)20/h3-11,15,20H,12-13H2,1-2H3,(H,24,29)(H,25,26)(H,27,28)/b14-11+. The first-order valence-corrected chi connectivity index (χ1v) is 9.67. The zero-order valence-corrected chi connectivity index (χ0v) is 16.8. The fourth-order valence-electron chi connectivity index (χ4n) is 3.40. The molecular weight excluding hydrogens is 384 g/mol. The second kappa shape index (κ2) is 9.26. The van der Waals surface area contributed by atoms with Crippen LogP contribution < -0.4 is 10.6 Å². The van der Waals surface area contributed by atoms with E-state index in [2.05, 4.69) is 22.8 Å². The number of carbonyl (C=O) groups is 3. The van der Waals surface area contributed by atoms with Crippen molar-refractivity contribution in [3.05, 3.63) is 71.3 Å². The van der Waals surface area contributed by atoms with Crippen LogP contribution in [0.1, 0.15) is 30.9 Å². The van der Waals surface area contributed by atoms with Crippen molar-refractivity contribution in [3.8, 4) is 11.1 Å². The van der Waals surface area contributed by atoms with Gasteiger partial charge in [-0.05, 0) is 36.1 Å². The lowest BCUT2D eigenvalue weighted by Gasteiger charge is -2.14. The molecule has 2 aromatic rings. The predicted octanol–water partition coefficient (Wildman–Crippen LogP) is 3.06. The SMILES string of the molecule is C/C(=C\CNC(=O)OCC1c2ccccc2-c2ccccc21)C(=O)NC(C)C(=O)O. The summed E-state index contributed by atoms with van der Waals surface area (Å²) in [4.78, 5) is 34.8. The van der Waals surface area contributed by atoms with E-state index in [-0.39, 0.29) is 19.1 Å². The molecule has 1 aliphatic rings. The fourth-order valence-corrected chi connectivity index (χ4v) is 3.40. The molecule has 3 N–H and O–H groups in total. The van der Waals surface area contributed by atoms with Gasteiger partial charge in [0, 0.05) is 18.0 Å². The van der Waals surface area contributed by atoms with Crippen molar-refractivity contribution >= 4 is 18.0 Å². The molecule has 0 fully saturated rings. The Morgan fingerprint density at radius 3 is 2.20 bits per heavy atom. The molecule has 0 spiro atoms. The van der Waals surface area contributed by atoms with Crippen molar-refractivity contribution in [3.63, 3.8) is 0 Å². The van der Waals surface area contributed by atoms with Crippen LogP contribution in [0.4, 0.5) is 4.79 Å². The number of alkyl carbamates (subject to hydrolysis) is 1. The van der Waals surface area contributed by atoms with Crippen molar-refractivity contribution in [2.45, 2.75) is 25.8 Å². The van der Waals surface area contributed by atoms with E-state index in [1.54, 1.807) is 6.92 Å². The van der Waals surface area contributed by atoms with Gasteiger partial charge in [0.15, 0.2) is 0 Å². The summed E-state index contributed by atoms with van der Waals surface area (Å²) in [5.74, 6) is -1.64. The van der Waals surface area contributed by atoms with Gasteiger partial charge in [0.2, 0.25) is 5.91 Å². The normalized spacial score (nSPS) is 13.7. The van der Waals surface area contributed by atoms with Gasteiger partial charge in [0.25, 0.3) is 0 Å². The van der Waals surface area contributed by atoms with Gasteiger partial charge in [0.05, 0.1) is 0 Å². The number of carbonyl (C=O) groups excluding carboxylic acids is 2. The summed E-state index contributed by atoms with van der Waals surface area (Å²) in [5.41, 5.74) is 4.88. The van der Waals surface area contributed by atoms with Gasteiger partial charge in [-0.2, -0.15) is 0 Å². The van der Waals surface area contributed by atoms with Crippen molar-refractivity contribution in [1.29, 1.82) is 0 Å². The lowest BCUT2D eigenvalue weighted by atomic mass is 9.98. The molecule has 156 valence electrons. The van der Waals surface area contributed by atoms with Crippen LogP contribution in [-0.4, -0.2) is 42.3 Å². The van der Waals surface area contributed by atoms with E-state index < -0.39 is 24.0 Å². The van der Waals surface area contributed by atoms with E-state index in [4.69, 9.17) is 9.84 Å². The van der Waals surface area contributed by atoms with Crippen LogP contribution in [0.5, 0.6) is 0 Å². The van der Waals surface area contributed by atoms with Gasteiger partial charge in [-0.1, -0.05) is 54.6 Å². The predicted molar refractivity (Wildman–Crippen MR) is 112 cm³/mol. The monoisotopic (exact) mass is 408 g/mol. The lowest BCUT2D eigenvalue weighted by molar-refractivity contribution is -0.140. The maximum atomic E-state index is 12.1. The molecular formula is C23H24N2O5. The molecule has 0 aromatic heterocycles. The number of hydrogen-bond donors (Lipinski definition) is 3. The highest BCUT2D eigenvalue weighted by molar-refractivity contribution is 5.95. The number of carboxylic acids is 1. The minimum absolute atomic E-state index is 0.0243. The van der Waals surface area contributed by atoms with E-state index in [1.165, 1.54) is 13.0 Å². The Morgan fingerprint density at radius 2 is 1.63 bits per heavy atom. The van der Waals surface area contributed by atoms with Gasteiger partial charge in [0.1, 0.15) is 12.6 Å². The summed E-state index contributed by atoms with van der Waals surface area (Å²) in [6, 6.07) is 15.2. The van der Waals surface area contributed by atoms with Gasteiger partial charge in [-0.15, -0.1) is 0 Å². The largest absolute Gasteiger partial charge is 0.480 e. The highest BCUT2D eigenvalue weighted by Crippen LogP contribution is 2.44. The Morgan fingerprint density at radius 1 is 1.07 bits per heavy atom. The number of rotatable bonds is 7. The Labute approximate surface area is 174 Å². The molecule has 1 atom stereocenters. The highest BCUT2D eigenvalue weighted by atomic mass is 16.5. The first kappa shape index (κ1) is 21.1. The molecule has 7 heteroatoms. The van der Waals surface area contributed by atoms with Crippen LogP contribution in [0.2, 0.25) is 0 Å². The Bertz CT molecular complexity index is 953.